The van der Waals surface area contributed by atoms with Crippen LogP contribution in [0.3, 0.4) is 0 Å². The molecular weight excluding hydrogens is 255 g/mol. The highest BCUT2D eigenvalue weighted by molar-refractivity contribution is 9.10. The van der Waals surface area contributed by atoms with E-state index in [-0.39, 0.29) is 5.82 Å². The van der Waals surface area contributed by atoms with Gasteiger partial charge in [-0.3, -0.25) is 0 Å². The second-order valence-corrected chi connectivity index (χ2v) is 4.23. The van der Waals surface area contributed by atoms with Crippen molar-refractivity contribution in [1.82, 2.24) is 0 Å². The van der Waals surface area contributed by atoms with E-state index < -0.39 is 0 Å². The molecular formula is C9H10BrFOS. The standard InChI is InChI=1S/C9H10BrFOS/c1-12-9-4-7(10)8(11)3-6(9)5-13-2/h3-4H,5H2,1-2H3. The van der Waals surface area contributed by atoms with Crippen molar-refractivity contribution >= 4 is 27.7 Å². The number of hydrogen-bond acceptors (Lipinski definition) is 2. The van der Waals surface area contributed by atoms with E-state index in [2.05, 4.69) is 15.9 Å². The van der Waals surface area contributed by atoms with Crippen LogP contribution in [-0.2, 0) is 5.75 Å². The smallest absolute Gasteiger partial charge is 0.137 e. The van der Waals surface area contributed by atoms with Gasteiger partial charge in [0.2, 0.25) is 0 Å². The predicted molar refractivity (Wildman–Crippen MR) is 57.9 cm³/mol. The maximum atomic E-state index is 13.1. The van der Waals surface area contributed by atoms with Crippen LogP contribution in [0.2, 0.25) is 0 Å². The Labute approximate surface area is 89.8 Å². The monoisotopic (exact) mass is 264 g/mol. The van der Waals surface area contributed by atoms with Crippen LogP contribution in [-0.4, -0.2) is 13.4 Å². The Kier molecular flexibility index (Phi) is 4.06. The topological polar surface area (TPSA) is 9.23 Å². The van der Waals surface area contributed by atoms with Gasteiger partial charge in [-0.2, -0.15) is 11.8 Å². The van der Waals surface area contributed by atoms with E-state index in [1.54, 1.807) is 24.9 Å². The summed E-state index contributed by atoms with van der Waals surface area (Å²) in [6.45, 7) is 0. The lowest BCUT2D eigenvalue weighted by Gasteiger charge is -2.08. The summed E-state index contributed by atoms with van der Waals surface area (Å²) < 4.78 is 18.7. The summed E-state index contributed by atoms with van der Waals surface area (Å²) >= 11 is 4.75. The van der Waals surface area contributed by atoms with Gasteiger partial charge in [0, 0.05) is 11.3 Å². The molecule has 0 aromatic heterocycles. The van der Waals surface area contributed by atoms with Crippen LogP contribution in [0.25, 0.3) is 0 Å². The second-order valence-electron chi connectivity index (χ2n) is 2.51. The van der Waals surface area contributed by atoms with Crippen LogP contribution in [0.4, 0.5) is 4.39 Å². The molecule has 0 atom stereocenters. The Morgan fingerprint density at radius 3 is 2.77 bits per heavy atom. The first-order valence-electron chi connectivity index (χ1n) is 3.70. The van der Waals surface area contributed by atoms with Gasteiger partial charge in [0.25, 0.3) is 0 Å². The first-order chi connectivity index (χ1) is 6.19. The third-order valence-electron chi connectivity index (χ3n) is 1.62. The molecule has 0 aliphatic heterocycles. The lowest BCUT2D eigenvalue weighted by atomic mass is 10.2. The molecule has 0 radical (unpaired) electrons. The van der Waals surface area contributed by atoms with E-state index >= 15 is 0 Å². The van der Waals surface area contributed by atoms with Crippen LogP contribution in [0.5, 0.6) is 5.75 Å². The van der Waals surface area contributed by atoms with E-state index in [1.807, 2.05) is 6.26 Å². The van der Waals surface area contributed by atoms with Gasteiger partial charge >= 0.3 is 0 Å². The number of rotatable bonds is 3. The molecule has 1 aromatic rings. The van der Waals surface area contributed by atoms with E-state index in [1.165, 1.54) is 6.07 Å². The summed E-state index contributed by atoms with van der Waals surface area (Å²) in [7, 11) is 1.59. The fourth-order valence-electron chi connectivity index (χ4n) is 1.03. The molecule has 1 rings (SSSR count). The van der Waals surface area contributed by atoms with Gasteiger partial charge in [-0.1, -0.05) is 0 Å². The van der Waals surface area contributed by atoms with Crippen LogP contribution in [0.15, 0.2) is 16.6 Å². The highest BCUT2D eigenvalue weighted by Gasteiger charge is 2.07. The summed E-state index contributed by atoms with van der Waals surface area (Å²) in [6.07, 6.45) is 1.97. The van der Waals surface area contributed by atoms with Gasteiger partial charge in [-0.15, -0.1) is 0 Å². The molecule has 0 N–H and O–H groups in total. The molecule has 0 saturated carbocycles. The summed E-state index contributed by atoms with van der Waals surface area (Å²) in [4.78, 5) is 0. The maximum absolute atomic E-state index is 13.1. The van der Waals surface area contributed by atoms with Gasteiger partial charge < -0.3 is 4.74 Å². The second kappa shape index (κ2) is 4.86. The Hall–Kier alpha value is -0.220. The van der Waals surface area contributed by atoms with Gasteiger partial charge in [0.1, 0.15) is 11.6 Å². The molecule has 0 aliphatic rings. The third-order valence-corrected chi connectivity index (χ3v) is 2.83. The minimum Gasteiger partial charge on any atom is -0.496 e. The highest BCUT2D eigenvalue weighted by atomic mass is 79.9. The van der Waals surface area contributed by atoms with E-state index in [0.717, 1.165) is 17.1 Å². The van der Waals surface area contributed by atoms with E-state index in [4.69, 9.17) is 4.74 Å². The molecule has 0 amide bonds. The number of hydrogen-bond donors (Lipinski definition) is 0. The molecule has 13 heavy (non-hydrogen) atoms. The van der Waals surface area contributed by atoms with Crippen LogP contribution in [0.1, 0.15) is 5.56 Å². The van der Waals surface area contributed by atoms with Crippen molar-refractivity contribution in [1.29, 1.82) is 0 Å². The van der Waals surface area contributed by atoms with Crippen molar-refractivity contribution in [3.05, 3.63) is 28.0 Å². The Balaban J connectivity index is 3.09. The first kappa shape index (κ1) is 10.9. The first-order valence-corrected chi connectivity index (χ1v) is 5.88. The molecule has 1 nitrogen and oxygen atoms in total. The van der Waals surface area contributed by atoms with Crippen LogP contribution < -0.4 is 4.74 Å². The van der Waals surface area contributed by atoms with Crippen molar-refractivity contribution < 1.29 is 9.13 Å². The normalized spacial score (nSPS) is 10.2. The average molecular weight is 265 g/mol. The minimum atomic E-state index is -0.246. The van der Waals surface area contributed by atoms with E-state index in [9.17, 15) is 4.39 Å². The fraction of sp³-hybridized carbons (Fsp3) is 0.333. The highest BCUT2D eigenvalue weighted by Crippen LogP contribution is 2.28. The van der Waals surface area contributed by atoms with E-state index in [0.29, 0.717) is 4.47 Å². The molecule has 4 heteroatoms. The summed E-state index contributed by atoms with van der Waals surface area (Å²) in [5.74, 6) is 1.24. The molecule has 0 heterocycles. The van der Waals surface area contributed by atoms with Crippen molar-refractivity contribution in [2.45, 2.75) is 5.75 Å². The largest absolute Gasteiger partial charge is 0.496 e. The zero-order valence-corrected chi connectivity index (χ0v) is 9.84. The minimum absolute atomic E-state index is 0.246. The number of halogens is 2. The molecule has 0 spiro atoms. The Morgan fingerprint density at radius 2 is 2.23 bits per heavy atom. The molecule has 1 aromatic carbocycles. The van der Waals surface area contributed by atoms with Crippen LogP contribution in [0, 0.1) is 5.82 Å². The number of ether oxygens (including phenoxy) is 1. The van der Waals surface area contributed by atoms with Gasteiger partial charge in [-0.25, -0.2) is 4.39 Å². The lowest BCUT2D eigenvalue weighted by molar-refractivity contribution is 0.409. The Bertz CT molecular complexity index is 304. The molecule has 0 fully saturated rings. The van der Waals surface area contributed by atoms with Crippen LogP contribution >= 0.6 is 27.7 Å². The molecule has 0 saturated heterocycles. The quantitative estimate of drug-likeness (QED) is 0.827. The Morgan fingerprint density at radius 1 is 1.54 bits per heavy atom. The zero-order chi connectivity index (χ0) is 9.84. The van der Waals surface area contributed by atoms with Crippen molar-refractivity contribution in [3.63, 3.8) is 0 Å². The predicted octanol–water partition coefficient (Wildman–Crippen LogP) is 3.46. The van der Waals surface area contributed by atoms with Gasteiger partial charge in [0.05, 0.1) is 11.6 Å². The number of thioether (sulfide) groups is 1. The van der Waals surface area contributed by atoms with Gasteiger partial charge in [-0.05, 0) is 34.3 Å². The molecule has 0 unspecified atom stereocenters. The van der Waals surface area contributed by atoms with Crippen molar-refractivity contribution in [2.24, 2.45) is 0 Å². The number of methoxy groups -OCH3 is 1. The lowest BCUT2D eigenvalue weighted by Crippen LogP contribution is -1.92. The summed E-state index contributed by atoms with van der Waals surface area (Å²) in [6, 6.07) is 3.15. The summed E-state index contributed by atoms with van der Waals surface area (Å²) in [5.41, 5.74) is 0.885. The maximum Gasteiger partial charge on any atom is 0.137 e. The zero-order valence-electron chi connectivity index (χ0n) is 7.43. The van der Waals surface area contributed by atoms with Crippen molar-refractivity contribution in [2.75, 3.05) is 13.4 Å². The van der Waals surface area contributed by atoms with Crippen molar-refractivity contribution in [3.8, 4) is 5.75 Å². The average Bonchev–Trinajstić information content (AvgIpc) is 2.11. The van der Waals surface area contributed by atoms with Gasteiger partial charge in [0.15, 0.2) is 0 Å². The fourth-order valence-corrected chi connectivity index (χ4v) is 1.89. The molecule has 0 bridgehead atoms. The summed E-state index contributed by atoms with van der Waals surface area (Å²) in [5, 5.41) is 0. The SMILES string of the molecule is COc1cc(Br)c(F)cc1CSC. The number of benzene rings is 1. The third kappa shape index (κ3) is 2.61. The molecule has 0 aliphatic carbocycles. The molecule has 72 valence electrons.